The molecule has 1 aromatic rings. The van der Waals surface area contributed by atoms with Gasteiger partial charge in [0.25, 0.3) is 0 Å². The van der Waals surface area contributed by atoms with E-state index in [-0.39, 0.29) is 29.6 Å². The summed E-state index contributed by atoms with van der Waals surface area (Å²) in [5.41, 5.74) is 2.28. The van der Waals surface area contributed by atoms with Crippen molar-refractivity contribution >= 4 is 17.5 Å². The number of imide groups is 1. The molecule has 2 amide bonds. The number of hydrogen-bond acceptors (Lipinski definition) is 2. The maximum absolute atomic E-state index is 13.0. The molecule has 2 aliphatic carbocycles. The van der Waals surface area contributed by atoms with Crippen LogP contribution >= 0.6 is 0 Å². The van der Waals surface area contributed by atoms with E-state index in [0.29, 0.717) is 0 Å². The van der Waals surface area contributed by atoms with Gasteiger partial charge >= 0.3 is 0 Å². The van der Waals surface area contributed by atoms with Gasteiger partial charge in [-0.2, -0.15) is 0 Å². The number of anilines is 1. The summed E-state index contributed by atoms with van der Waals surface area (Å²) in [5, 5.41) is 0. The molecule has 108 valence electrons. The van der Waals surface area contributed by atoms with Crippen molar-refractivity contribution in [2.75, 3.05) is 4.90 Å². The minimum Gasteiger partial charge on any atom is -0.274 e. The van der Waals surface area contributed by atoms with Crippen molar-refractivity contribution in [1.29, 1.82) is 0 Å². The topological polar surface area (TPSA) is 37.4 Å². The first-order chi connectivity index (χ1) is 9.94. The van der Waals surface area contributed by atoms with Crippen LogP contribution in [0.15, 0.2) is 30.4 Å². The normalized spacial score (nSPS) is 36.7. The molecule has 2 fully saturated rings. The minimum atomic E-state index is -0.535. The Morgan fingerprint density at radius 1 is 1.19 bits per heavy atom. The fourth-order valence-corrected chi connectivity index (χ4v) is 4.49. The SMILES string of the molecule is Cc1ccc(C)c(N2C(=O)[C@H]3[C@H]4C=C[C@@H](C4)[C@@]3(C)C2=O)c1. The standard InChI is InChI=1S/C18H19NO2/c1-10-4-5-11(2)14(8-10)19-16(20)15-12-6-7-13(9-12)18(15,3)17(19)21/h4-8,12-13,15H,9H2,1-3H3/t12-,13-,15+,18+/m0/s1. The average molecular weight is 281 g/mol. The summed E-state index contributed by atoms with van der Waals surface area (Å²) in [6.07, 6.45) is 5.23. The molecule has 0 aromatic heterocycles. The molecule has 1 saturated carbocycles. The van der Waals surface area contributed by atoms with Gasteiger partial charge in [-0.1, -0.05) is 24.3 Å². The van der Waals surface area contributed by atoms with Gasteiger partial charge in [0.05, 0.1) is 17.0 Å². The smallest absolute Gasteiger partial charge is 0.241 e. The number of rotatable bonds is 1. The van der Waals surface area contributed by atoms with Gasteiger partial charge in [-0.25, -0.2) is 4.90 Å². The monoisotopic (exact) mass is 281 g/mol. The second-order valence-corrected chi connectivity index (χ2v) is 6.92. The van der Waals surface area contributed by atoms with Crippen LogP contribution < -0.4 is 4.90 Å². The predicted molar refractivity (Wildman–Crippen MR) is 80.7 cm³/mol. The molecule has 0 spiro atoms. The van der Waals surface area contributed by atoms with Crippen molar-refractivity contribution < 1.29 is 9.59 Å². The van der Waals surface area contributed by atoms with E-state index in [9.17, 15) is 9.59 Å². The predicted octanol–water partition coefficient (Wildman–Crippen LogP) is 3.01. The van der Waals surface area contributed by atoms with E-state index in [1.54, 1.807) is 0 Å². The second kappa shape index (κ2) is 3.85. The van der Waals surface area contributed by atoms with E-state index < -0.39 is 5.41 Å². The molecule has 1 saturated heterocycles. The van der Waals surface area contributed by atoms with Crippen molar-refractivity contribution in [2.45, 2.75) is 27.2 Å². The molecule has 0 radical (unpaired) electrons. The summed E-state index contributed by atoms with van der Waals surface area (Å²) in [6, 6.07) is 5.94. The molecule has 3 aliphatic rings. The second-order valence-electron chi connectivity index (χ2n) is 6.92. The Morgan fingerprint density at radius 2 is 1.95 bits per heavy atom. The number of nitrogens with zero attached hydrogens (tertiary/aromatic N) is 1. The van der Waals surface area contributed by atoms with Gasteiger partial charge in [0, 0.05) is 0 Å². The van der Waals surface area contributed by atoms with E-state index in [1.165, 1.54) is 4.90 Å². The molecule has 4 rings (SSSR count). The number of carbonyl (C=O) groups is 2. The number of fused-ring (bicyclic) bond motifs is 5. The Bertz CT molecular complexity index is 705. The van der Waals surface area contributed by atoms with Crippen molar-refractivity contribution in [3.05, 3.63) is 41.5 Å². The van der Waals surface area contributed by atoms with Crippen LogP contribution in [0.4, 0.5) is 5.69 Å². The molecule has 3 nitrogen and oxygen atoms in total. The fourth-order valence-electron chi connectivity index (χ4n) is 4.49. The first-order valence-corrected chi connectivity index (χ1v) is 7.58. The van der Waals surface area contributed by atoms with Crippen molar-refractivity contribution in [2.24, 2.45) is 23.2 Å². The Labute approximate surface area is 124 Å². The Morgan fingerprint density at radius 3 is 2.67 bits per heavy atom. The van der Waals surface area contributed by atoms with Crippen molar-refractivity contribution in [1.82, 2.24) is 0 Å². The van der Waals surface area contributed by atoms with Gasteiger partial charge in [0.15, 0.2) is 0 Å². The van der Waals surface area contributed by atoms with Crippen LogP contribution in [0.2, 0.25) is 0 Å². The Kier molecular flexibility index (Phi) is 2.35. The molecule has 1 heterocycles. The number of amides is 2. The third-order valence-electron chi connectivity index (χ3n) is 5.72. The van der Waals surface area contributed by atoms with Gasteiger partial charge in [0.1, 0.15) is 0 Å². The zero-order chi connectivity index (χ0) is 14.9. The van der Waals surface area contributed by atoms with Gasteiger partial charge < -0.3 is 0 Å². The first-order valence-electron chi connectivity index (χ1n) is 7.58. The molecular weight excluding hydrogens is 262 g/mol. The molecular formula is C18H19NO2. The van der Waals surface area contributed by atoms with Crippen LogP contribution in [0.25, 0.3) is 0 Å². The summed E-state index contributed by atoms with van der Waals surface area (Å²) >= 11 is 0. The maximum atomic E-state index is 13.0. The fraction of sp³-hybridized carbons (Fsp3) is 0.444. The molecule has 1 aliphatic heterocycles. The van der Waals surface area contributed by atoms with E-state index in [1.807, 2.05) is 39.0 Å². The zero-order valence-corrected chi connectivity index (χ0v) is 12.6. The van der Waals surface area contributed by atoms with E-state index in [4.69, 9.17) is 0 Å². The minimum absolute atomic E-state index is 0.00644. The molecule has 0 unspecified atom stereocenters. The summed E-state index contributed by atoms with van der Waals surface area (Å²) in [6.45, 7) is 5.93. The van der Waals surface area contributed by atoms with Crippen molar-refractivity contribution in [3.8, 4) is 0 Å². The molecule has 4 atom stereocenters. The molecule has 3 heteroatoms. The molecule has 0 N–H and O–H groups in total. The molecule has 2 bridgehead atoms. The Balaban J connectivity index is 1.85. The third kappa shape index (κ3) is 1.39. The largest absolute Gasteiger partial charge is 0.274 e. The molecule has 21 heavy (non-hydrogen) atoms. The lowest BCUT2D eigenvalue weighted by Gasteiger charge is -2.28. The quantitative estimate of drug-likeness (QED) is 0.586. The summed E-state index contributed by atoms with van der Waals surface area (Å²) in [4.78, 5) is 27.4. The highest BCUT2D eigenvalue weighted by Crippen LogP contribution is 2.61. The lowest BCUT2D eigenvalue weighted by Crippen LogP contribution is -2.37. The highest BCUT2D eigenvalue weighted by atomic mass is 16.2. The van der Waals surface area contributed by atoms with Gasteiger partial charge in [-0.15, -0.1) is 0 Å². The average Bonchev–Trinajstić information content (AvgIpc) is 3.06. The van der Waals surface area contributed by atoms with Crippen molar-refractivity contribution in [3.63, 3.8) is 0 Å². The van der Waals surface area contributed by atoms with E-state index >= 15 is 0 Å². The Hall–Kier alpha value is -1.90. The zero-order valence-electron chi connectivity index (χ0n) is 12.6. The molecule has 1 aromatic carbocycles. The van der Waals surface area contributed by atoms with Crippen LogP contribution in [0.5, 0.6) is 0 Å². The summed E-state index contributed by atoms with van der Waals surface area (Å²) < 4.78 is 0. The maximum Gasteiger partial charge on any atom is 0.241 e. The van der Waals surface area contributed by atoms with Gasteiger partial charge in [0.2, 0.25) is 11.8 Å². The summed E-state index contributed by atoms with van der Waals surface area (Å²) in [5.74, 6) is 0.279. The van der Waals surface area contributed by atoms with Crippen LogP contribution in [-0.4, -0.2) is 11.8 Å². The van der Waals surface area contributed by atoms with Gasteiger partial charge in [-0.3, -0.25) is 9.59 Å². The number of hydrogen-bond donors (Lipinski definition) is 0. The number of allylic oxidation sites excluding steroid dienone is 2. The van der Waals surface area contributed by atoms with Crippen LogP contribution in [0.1, 0.15) is 24.5 Å². The first kappa shape index (κ1) is 12.8. The van der Waals surface area contributed by atoms with E-state index in [2.05, 4.69) is 12.2 Å². The number of aryl methyl sites for hydroxylation is 2. The highest BCUT2D eigenvalue weighted by molar-refractivity contribution is 6.24. The lowest BCUT2D eigenvalue weighted by molar-refractivity contribution is -0.127. The number of benzene rings is 1. The summed E-state index contributed by atoms with van der Waals surface area (Å²) in [7, 11) is 0. The van der Waals surface area contributed by atoms with Crippen LogP contribution in [-0.2, 0) is 9.59 Å². The van der Waals surface area contributed by atoms with Crippen LogP contribution in [0, 0.1) is 37.0 Å². The third-order valence-corrected chi connectivity index (χ3v) is 5.72. The highest BCUT2D eigenvalue weighted by Gasteiger charge is 2.67. The lowest BCUT2D eigenvalue weighted by atomic mass is 9.71. The number of carbonyl (C=O) groups excluding carboxylic acids is 2. The van der Waals surface area contributed by atoms with Gasteiger partial charge in [-0.05, 0) is 56.2 Å². The van der Waals surface area contributed by atoms with E-state index in [0.717, 1.165) is 23.2 Å². The van der Waals surface area contributed by atoms with Crippen LogP contribution in [0.3, 0.4) is 0 Å².